The lowest BCUT2D eigenvalue weighted by molar-refractivity contribution is 0.379. The van der Waals surface area contributed by atoms with E-state index >= 15 is 0 Å². The molecule has 0 saturated carbocycles. The van der Waals surface area contributed by atoms with Gasteiger partial charge in [0.1, 0.15) is 0 Å². The van der Waals surface area contributed by atoms with Crippen molar-refractivity contribution < 1.29 is 4.52 Å². The molecule has 1 heterocycles. The Kier molecular flexibility index (Phi) is 3.43. The monoisotopic (exact) mass is 257 g/mol. The second kappa shape index (κ2) is 4.82. The zero-order chi connectivity index (χ0) is 11.5. The van der Waals surface area contributed by atoms with Crippen molar-refractivity contribution in [2.24, 2.45) is 5.73 Å². The highest BCUT2D eigenvalue weighted by Crippen LogP contribution is 2.23. The SMILES string of the molecule is NCc1noc(Cc2ccc(Cl)c(Cl)c2)n1. The molecular weight excluding hydrogens is 249 g/mol. The average molecular weight is 258 g/mol. The fourth-order valence-corrected chi connectivity index (χ4v) is 1.59. The molecule has 0 amide bonds. The van der Waals surface area contributed by atoms with Crippen LogP contribution >= 0.6 is 23.2 Å². The van der Waals surface area contributed by atoms with Crippen molar-refractivity contribution in [1.29, 1.82) is 0 Å². The van der Waals surface area contributed by atoms with Crippen LogP contribution in [0.25, 0.3) is 0 Å². The minimum atomic E-state index is 0.269. The smallest absolute Gasteiger partial charge is 0.231 e. The van der Waals surface area contributed by atoms with Crippen molar-refractivity contribution in [3.05, 3.63) is 45.5 Å². The predicted molar refractivity (Wildman–Crippen MR) is 61.5 cm³/mol. The summed E-state index contributed by atoms with van der Waals surface area (Å²) in [6.07, 6.45) is 0.518. The van der Waals surface area contributed by atoms with Crippen molar-refractivity contribution in [3.63, 3.8) is 0 Å². The Balaban J connectivity index is 2.17. The van der Waals surface area contributed by atoms with Crippen LogP contribution in [-0.2, 0) is 13.0 Å². The van der Waals surface area contributed by atoms with E-state index in [0.717, 1.165) is 5.56 Å². The Labute approximate surface area is 102 Å². The van der Waals surface area contributed by atoms with Gasteiger partial charge in [0.15, 0.2) is 5.82 Å². The first kappa shape index (κ1) is 11.4. The van der Waals surface area contributed by atoms with Gasteiger partial charge in [0.2, 0.25) is 5.89 Å². The lowest BCUT2D eigenvalue weighted by Crippen LogP contribution is -1.98. The topological polar surface area (TPSA) is 64.9 Å². The van der Waals surface area contributed by atoms with Crippen molar-refractivity contribution in [3.8, 4) is 0 Å². The summed E-state index contributed by atoms with van der Waals surface area (Å²) in [5.74, 6) is 1.01. The van der Waals surface area contributed by atoms with Gasteiger partial charge in [-0.05, 0) is 17.7 Å². The van der Waals surface area contributed by atoms with Crippen LogP contribution in [0.5, 0.6) is 0 Å². The Bertz CT molecular complexity index is 499. The summed E-state index contributed by atoms with van der Waals surface area (Å²) in [5.41, 5.74) is 6.34. The fraction of sp³-hybridized carbons (Fsp3) is 0.200. The summed E-state index contributed by atoms with van der Waals surface area (Å²) in [6, 6.07) is 5.37. The molecule has 0 unspecified atom stereocenters. The summed E-state index contributed by atoms with van der Waals surface area (Å²) >= 11 is 11.7. The lowest BCUT2D eigenvalue weighted by Gasteiger charge is -1.99. The molecule has 0 radical (unpaired) electrons. The van der Waals surface area contributed by atoms with Crippen LogP contribution in [0, 0.1) is 0 Å². The molecule has 0 saturated heterocycles. The average Bonchev–Trinajstić information content (AvgIpc) is 2.71. The zero-order valence-electron chi connectivity index (χ0n) is 8.28. The van der Waals surface area contributed by atoms with Gasteiger partial charge < -0.3 is 10.3 Å². The van der Waals surface area contributed by atoms with Crippen LogP contribution < -0.4 is 5.73 Å². The molecule has 2 N–H and O–H groups in total. The zero-order valence-corrected chi connectivity index (χ0v) is 9.79. The molecule has 6 heteroatoms. The lowest BCUT2D eigenvalue weighted by atomic mass is 10.1. The fourth-order valence-electron chi connectivity index (χ4n) is 1.27. The first-order chi connectivity index (χ1) is 7.69. The second-order valence-electron chi connectivity index (χ2n) is 3.23. The number of hydrogen-bond acceptors (Lipinski definition) is 4. The Morgan fingerprint density at radius 3 is 2.69 bits per heavy atom. The molecule has 1 aromatic heterocycles. The molecular formula is C10H9Cl2N3O. The highest BCUT2D eigenvalue weighted by Gasteiger charge is 2.07. The first-order valence-electron chi connectivity index (χ1n) is 4.64. The minimum absolute atomic E-state index is 0.269. The third-order valence-corrected chi connectivity index (χ3v) is 2.77. The van der Waals surface area contributed by atoms with Crippen molar-refractivity contribution in [2.45, 2.75) is 13.0 Å². The molecule has 0 atom stereocenters. The van der Waals surface area contributed by atoms with Crippen molar-refractivity contribution in [1.82, 2.24) is 10.1 Å². The molecule has 0 aliphatic heterocycles. The molecule has 84 valence electrons. The molecule has 2 aromatic rings. The predicted octanol–water partition coefficient (Wildman–Crippen LogP) is 2.43. The molecule has 0 aliphatic rings. The number of halogens is 2. The van der Waals surface area contributed by atoms with E-state index < -0.39 is 0 Å². The van der Waals surface area contributed by atoms with E-state index in [1.54, 1.807) is 12.1 Å². The summed E-state index contributed by atoms with van der Waals surface area (Å²) in [6.45, 7) is 0.269. The van der Waals surface area contributed by atoms with E-state index in [-0.39, 0.29) is 6.54 Å². The first-order valence-corrected chi connectivity index (χ1v) is 5.40. The summed E-state index contributed by atoms with van der Waals surface area (Å²) in [4.78, 5) is 4.10. The van der Waals surface area contributed by atoms with Crippen LogP contribution in [-0.4, -0.2) is 10.1 Å². The van der Waals surface area contributed by atoms with Gasteiger partial charge in [0, 0.05) is 0 Å². The van der Waals surface area contributed by atoms with Crippen LogP contribution in [0.2, 0.25) is 10.0 Å². The number of hydrogen-bond donors (Lipinski definition) is 1. The molecule has 0 bridgehead atoms. The number of nitrogens with zero attached hydrogens (tertiary/aromatic N) is 2. The second-order valence-corrected chi connectivity index (χ2v) is 4.05. The van der Waals surface area contributed by atoms with Crippen molar-refractivity contribution >= 4 is 23.2 Å². The number of rotatable bonds is 3. The summed E-state index contributed by atoms with van der Waals surface area (Å²) in [7, 11) is 0. The minimum Gasteiger partial charge on any atom is -0.339 e. The Hall–Kier alpha value is -1.10. The summed E-state index contributed by atoms with van der Waals surface area (Å²) in [5, 5.41) is 4.74. The van der Waals surface area contributed by atoms with Gasteiger partial charge in [-0.2, -0.15) is 4.98 Å². The van der Waals surface area contributed by atoms with Crippen LogP contribution in [0.1, 0.15) is 17.3 Å². The van der Waals surface area contributed by atoms with Gasteiger partial charge in [0.05, 0.1) is 23.0 Å². The van der Waals surface area contributed by atoms with Crippen molar-refractivity contribution in [2.75, 3.05) is 0 Å². The van der Waals surface area contributed by atoms with Gasteiger partial charge >= 0.3 is 0 Å². The molecule has 4 nitrogen and oxygen atoms in total. The van der Waals surface area contributed by atoms with Gasteiger partial charge in [-0.15, -0.1) is 0 Å². The highest BCUT2D eigenvalue weighted by atomic mass is 35.5. The third-order valence-electron chi connectivity index (χ3n) is 2.03. The molecule has 0 spiro atoms. The van der Waals surface area contributed by atoms with Crippen LogP contribution in [0.4, 0.5) is 0 Å². The molecule has 0 aliphatic carbocycles. The quantitative estimate of drug-likeness (QED) is 0.918. The number of nitrogens with two attached hydrogens (primary N) is 1. The van der Waals surface area contributed by atoms with Gasteiger partial charge in [-0.25, -0.2) is 0 Å². The Morgan fingerprint density at radius 2 is 2.06 bits per heavy atom. The van der Waals surface area contributed by atoms with E-state index in [9.17, 15) is 0 Å². The number of benzene rings is 1. The normalized spacial score (nSPS) is 10.7. The molecule has 16 heavy (non-hydrogen) atoms. The standard InChI is InChI=1S/C10H9Cl2N3O/c11-7-2-1-6(3-8(7)12)4-10-14-9(5-13)15-16-10/h1-3H,4-5,13H2. The van der Waals surface area contributed by atoms with E-state index in [4.69, 9.17) is 33.5 Å². The van der Waals surface area contributed by atoms with Gasteiger partial charge in [0.25, 0.3) is 0 Å². The van der Waals surface area contributed by atoms with E-state index in [2.05, 4.69) is 10.1 Å². The number of aromatic nitrogens is 2. The Morgan fingerprint density at radius 1 is 1.25 bits per heavy atom. The third kappa shape index (κ3) is 2.52. The van der Waals surface area contributed by atoms with E-state index in [1.807, 2.05) is 6.07 Å². The maximum atomic E-state index is 5.89. The van der Waals surface area contributed by atoms with Crippen LogP contribution in [0.3, 0.4) is 0 Å². The maximum absolute atomic E-state index is 5.89. The molecule has 2 rings (SSSR count). The molecule has 1 aromatic carbocycles. The largest absolute Gasteiger partial charge is 0.339 e. The van der Waals surface area contributed by atoms with Gasteiger partial charge in [-0.3, -0.25) is 0 Å². The van der Waals surface area contributed by atoms with E-state index in [1.165, 1.54) is 0 Å². The van der Waals surface area contributed by atoms with Gasteiger partial charge in [-0.1, -0.05) is 34.4 Å². The summed E-state index contributed by atoms with van der Waals surface area (Å²) < 4.78 is 5.01. The van der Waals surface area contributed by atoms with Crippen LogP contribution in [0.15, 0.2) is 22.7 Å². The van der Waals surface area contributed by atoms with E-state index in [0.29, 0.717) is 28.2 Å². The highest BCUT2D eigenvalue weighted by molar-refractivity contribution is 6.42. The molecule has 0 fully saturated rings. The maximum Gasteiger partial charge on any atom is 0.231 e.